The lowest BCUT2D eigenvalue weighted by Crippen LogP contribution is -2.32. The fraction of sp³-hybridized carbons (Fsp3) is 0.667. The van der Waals surface area contributed by atoms with Crippen molar-refractivity contribution >= 4 is 5.97 Å². The van der Waals surface area contributed by atoms with Crippen molar-refractivity contribution in [1.29, 1.82) is 0 Å². The maximum absolute atomic E-state index is 12.3. The molecule has 0 aliphatic rings. The summed E-state index contributed by atoms with van der Waals surface area (Å²) in [6.45, 7) is 4.66. The lowest BCUT2D eigenvalue weighted by molar-refractivity contribution is -0.138. The molecule has 0 saturated carbocycles. The molecule has 0 aromatic rings. The van der Waals surface area contributed by atoms with Crippen LogP contribution < -0.4 is 5.32 Å². The number of carbonyl (C=O) groups excluding carboxylic acids is 1. The minimum Gasteiger partial charge on any atom is -0.463 e. The molecule has 0 amide bonds. The number of allylic oxidation sites excluding steroid dienone is 1. The number of rotatable bonds is 4. The molecule has 0 fully saturated rings. The van der Waals surface area contributed by atoms with Gasteiger partial charge in [0, 0.05) is 6.04 Å². The molecule has 0 rings (SSSR count). The maximum atomic E-state index is 12.3. The van der Waals surface area contributed by atoms with Crippen LogP contribution in [0.5, 0.6) is 0 Å². The van der Waals surface area contributed by atoms with E-state index in [4.69, 9.17) is 0 Å². The van der Waals surface area contributed by atoms with Gasteiger partial charge >= 0.3 is 12.1 Å². The van der Waals surface area contributed by atoms with Crippen LogP contribution in [-0.2, 0) is 9.53 Å². The van der Waals surface area contributed by atoms with Crippen molar-refractivity contribution in [1.82, 2.24) is 5.32 Å². The molecule has 0 heterocycles. The Morgan fingerprint density at radius 2 is 2.00 bits per heavy atom. The molecule has 0 saturated heterocycles. The lowest BCUT2D eigenvalue weighted by atomic mass is 10.3. The third kappa shape index (κ3) is 5.98. The number of carbonyl (C=O) groups is 1. The third-order valence-corrected chi connectivity index (χ3v) is 1.30. The highest BCUT2D eigenvalue weighted by atomic mass is 19.4. The van der Waals surface area contributed by atoms with Crippen LogP contribution in [0.2, 0.25) is 0 Å². The number of ether oxygens (including phenoxy) is 1. The summed E-state index contributed by atoms with van der Waals surface area (Å²) in [4.78, 5) is 10.8. The second kappa shape index (κ2) is 5.63. The lowest BCUT2D eigenvalue weighted by Gasteiger charge is -2.16. The van der Waals surface area contributed by atoms with Gasteiger partial charge in [-0.15, -0.1) is 0 Å². The maximum Gasteiger partial charge on any atom is 0.431 e. The Kier molecular flexibility index (Phi) is 5.18. The van der Waals surface area contributed by atoms with Gasteiger partial charge in [0.15, 0.2) is 0 Å². The largest absolute Gasteiger partial charge is 0.463 e. The summed E-state index contributed by atoms with van der Waals surface area (Å²) in [6.07, 6.45) is -4.15. The van der Waals surface area contributed by atoms with Crippen molar-refractivity contribution in [3.63, 3.8) is 0 Å². The van der Waals surface area contributed by atoms with Gasteiger partial charge in [-0.3, -0.25) is 0 Å². The van der Waals surface area contributed by atoms with E-state index in [9.17, 15) is 18.0 Å². The van der Waals surface area contributed by atoms with Crippen molar-refractivity contribution in [3.8, 4) is 0 Å². The van der Waals surface area contributed by atoms with E-state index >= 15 is 0 Å². The predicted octanol–water partition coefficient (Wildman–Crippen LogP) is 1.99. The van der Waals surface area contributed by atoms with Crippen LogP contribution in [-0.4, -0.2) is 24.8 Å². The van der Waals surface area contributed by atoms with Crippen molar-refractivity contribution in [3.05, 3.63) is 11.8 Å². The quantitative estimate of drug-likeness (QED) is 0.587. The van der Waals surface area contributed by atoms with Crippen molar-refractivity contribution in [2.45, 2.75) is 33.0 Å². The van der Waals surface area contributed by atoms with Gasteiger partial charge in [-0.05, 0) is 20.8 Å². The van der Waals surface area contributed by atoms with Crippen LogP contribution in [0.1, 0.15) is 20.8 Å². The highest BCUT2D eigenvalue weighted by Crippen LogP contribution is 2.23. The van der Waals surface area contributed by atoms with Crippen LogP contribution >= 0.6 is 0 Å². The molecule has 0 atom stereocenters. The Morgan fingerprint density at radius 3 is 2.33 bits per heavy atom. The van der Waals surface area contributed by atoms with Crippen LogP contribution in [0.4, 0.5) is 13.2 Å². The Balaban J connectivity index is 4.70. The minimum atomic E-state index is -4.57. The molecular weight excluding hydrogens is 211 g/mol. The average molecular weight is 225 g/mol. The number of alkyl halides is 3. The Labute approximate surface area is 86.3 Å². The SMILES string of the molecule is CCOC(=O)/C=C(\NC(C)C)C(F)(F)F. The summed E-state index contributed by atoms with van der Waals surface area (Å²) in [5, 5.41) is 2.14. The summed E-state index contributed by atoms with van der Waals surface area (Å²) >= 11 is 0. The standard InChI is InChI=1S/C9H14F3NO2/c1-4-15-8(14)5-7(9(10,11)12)13-6(2)3/h5-6,13H,4H2,1-3H3/b7-5-. The van der Waals surface area contributed by atoms with Crippen molar-refractivity contribution in [2.75, 3.05) is 6.61 Å². The van der Waals surface area contributed by atoms with E-state index in [1.807, 2.05) is 0 Å². The van der Waals surface area contributed by atoms with E-state index in [1.54, 1.807) is 13.8 Å². The number of hydrogen-bond acceptors (Lipinski definition) is 3. The molecular formula is C9H14F3NO2. The average Bonchev–Trinajstić information content (AvgIpc) is 2.00. The first-order valence-electron chi connectivity index (χ1n) is 4.49. The molecule has 0 radical (unpaired) electrons. The molecule has 3 nitrogen and oxygen atoms in total. The molecule has 0 bridgehead atoms. The van der Waals surface area contributed by atoms with E-state index in [0.29, 0.717) is 6.08 Å². The molecule has 0 aromatic heterocycles. The van der Waals surface area contributed by atoms with Gasteiger partial charge in [-0.25, -0.2) is 4.79 Å². The zero-order valence-corrected chi connectivity index (χ0v) is 8.81. The zero-order valence-electron chi connectivity index (χ0n) is 8.81. The molecule has 0 spiro atoms. The van der Waals surface area contributed by atoms with Crippen molar-refractivity contribution < 1.29 is 22.7 Å². The van der Waals surface area contributed by atoms with E-state index in [2.05, 4.69) is 10.1 Å². The van der Waals surface area contributed by atoms with Crippen LogP contribution in [0.3, 0.4) is 0 Å². The van der Waals surface area contributed by atoms with Gasteiger partial charge in [0.05, 0.1) is 12.7 Å². The molecule has 0 aromatic carbocycles. The highest BCUT2D eigenvalue weighted by Gasteiger charge is 2.35. The van der Waals surface area contributed by atoms with E-state index in [0.717, 1.165) is 0 Å². The number of esters is 1. The molecule has 6 heteroatoms. The molecule has 88 valence electrons. The number of nitrogens with one attached hydrogen (secondary N) is 1. The summed E-state index contributed by atoms with van der Waals surface area (Å²) in [7, 11) is 0. The Hall–Kier alpha value is -1.20. The predicted molar refractivity (Wildman–Crippen MR) is 49.0 cm³/mol. The first-order valence-corrected chi connectivity index (χ1v) is 4.49. The third-order valence-electron chi connectivity index (χ3n) is 1.30. The molecule has 0 unspecified atom stereocenters. The zero-order chi connectivity index (χ0) is 12.1. The second-order valence-corrected chi connectivity index (χ2v) is 3.11. The molecule has 0 aliphatic heterocycles. The van der Waals surface area contributed by atoms with Gasteiger partial charge in [0.25, 0.3) is 0 Å². The molecule has 1 N–H and O–H groups in total. The Bertz CT molecular complexity index is 246. The monoisotopic (exact) mass is 225 g/mol. The van der Waals surface area contributed by atoms with Crippen LogP contribution in [0, 0.1) is 0 Å². The topological polar surface area (TPSA) is 38.3 Å². The normalized spacial score (nSPS) is 12.9. The Morgan fingerprint density at radius 1 is 1.47 bits per heavy atom. The van der Waals surface area contributed by atoms with E-state index in [1.165, 1.54) is 6.92 Å². The number of hydrogen-bond donors (Lipinski definition) is 1. The van der Waals surface area contributed by atoms with Crippen LogP contribution in [0.25, 0.3) is 0 Å². The molecule has 0 aliphatic carbocycles. The van der Waals surface area contributed by atoms with Gasteiger partial charge < -0.3 is 10.1 Å². The van der Waals surface area contributed by atoms with E-state index in [-0.39, 0.29) is 6.61 Å². The first-order chi connectivity index (χ1) is 6.77. The smallest absolute Gasteiger partial charge is 0.431 e. The minimum absolute atomic E-state index is 0.0438. The van der Waals surface area contributed by atoms with Crippen molar-refractivity contribution in [2.24, 2.45) is 0 Å². The second-order valence-electron chi connectivity index (χ2n) is 3.11. The molecule has 15 heavy (non-hydrogen) atoms. The van der Waals surface area contributed by atoms with Crippen LogP contribution in [0.15, 0.2) is 11.8 Å². The highest BCUT2D eigenvalue weighted by molar-refractivity contribution is 5.82. The first kappa shape index (κ1) is 13.8. The summed E-state index contributed by atoms with van der Waals surface area (Å²) < 4.78 is 41.4. The van der Waals surface area contributed by atoms with E-state index < -0.39 is 23.9 Å². The fourth-order valence-corrected chi connectivity index (χ4v) is 0.818. The fourth-order valence-electron chi connectivity index (χ4n) is 0.818. The summed E-state index contributed by atoms with van der Waals surface area (Å²) in [5.41, 5.74) is -1.09. The van der Waals surface area contributed by atoms with Gasteiger partial charge in [0.1, 0.15) is 5.70 Å². The summed E-state index contributed by atoms with van der Waals surface area (Å²) in [6, 6.07) is -0.410. The van der Waals surface area contributed by atoms with Gasteiger partial charge in [0.2, 0.25) is 0 Å². The van der Waals surface area contributed by atoms with Gasteiger partial charge in [-0.1, -0.05) is 0 Å². The van der Waals surface area contributed by atoms with Gasteiger partial charge in [-0.2, -0.15) is 13.2 Å². The number of halogens is 3. The summed E-state index contributed by atoms with van der Waals surface area (Å²) in [5.74, 6) is -1.00.